The summed E-state index contributed by atoms with van der Waals surface area (Å²) in [4.78, 5) is 11.8. The maximum absolute atomic E-state index is 11.8. The van der Waals surface area contributed by atoms with Crippen LogP contribution in [-0.2, 0) is 23.7 Å². The van der Waals surface area contributed by atoms with Crippen LogP contribution in [0.5, 0.6) is 0 Å². The molecule has 5 heteroatoms. The summed E-state index contributed by atoms with van der Waals surface area (Å²) in [6, 6.07) is 0. The number of aldehydes is 1. The van der Waals surface area contributed by atoms with Gasteiger partial charge in [0.05, 0.1) is 26.4 Å². The van der Waals surface area contributed by atoms with Crippen molar-refractivity contribution in [1.82, 2.24) is 0 Å². The van der Waals surface area contributed by atoms with Gasteiger partial charge in [0.1, 0.15) is 6.29 Å². The predicted molar refractivity (Wildman–Crippen MR) is 106 cm³/mol. The third-order valence-corrected chi connectivity index (χ3v) is 9.28. The third-order valence-electron chi connectivity index (χ3n) is 9.28. The van der Waals surface area contributed by atoms with Crippen molar-refractivity contribution in [3.63, 3.8) is 0 Å². The molecule has 0 aromatic rings. The Morgan fingerprint density at radius 1 is 1.03 bits per heavy atom. The fraction of sp³-hybridized carbons (Fsp3) is 0.792. The van der Waals surface area contributed by atoms with E-state index in [2.05, 4.69) is 19.1 Å². The Labute approximate surface area is 172 Å². The number of fused-ring (bicyclic) bond motifs is 6. The van der Waals surface area contributed by atoms with Crippen LogP contribution in [0.1, 0.15) is 58.3 Å². The SMILES string of the molecule is C[C@]12CC=C3[C@@H](CC=C4CC5(CC[C@@]43CC=O)OCCO5)[C@@H]1CCC21OCCO1. The summed E-state index contributed by atoms with van der Waals surface area (Å²) in [5.41, 5.74) is 2.80. The van der Waals surface area contributed by atoms with Crippen LogP contribution in [0.2, 0.25) is 0 Å². The second-order valence-electron chi connectivity index (χ2n) is 10.2. The number of allylic oxidation sites excluding steroid dienone is 3. The molecule has 2 saturated heterocycles. The number of rotatable bonds is 2. The molecular formula is C24H32O5. The summed E-state index contributed by atoms with van der Waals surface area (Å²) in [5.74, 6) is 0.197. The molecule has 0 aromatic carbocycles. The predicted octanol–water partition coefficient (Wildman–Crippen LogP) is 3.92. The molecule has 4 atom stereocenters. The van der Waals surface area contributed by atoms with E-state index in [1.165, 1.54) is 11.1 Å². The second-order valence-corrected chi connectivity index (χ2v) is 10.2. The van der Waals surface area contributed by atoms with Crippen LogP contribution in [0.15, 0.2) is 23.3 Å². The summed E-state index contributed by atoms with van der Waals surface area (Å²) in [7, 11) is 0. The molecule has 0 bridgehead atoms. The van der Waals surface area contributed by atoms with Crippen LogP contribution in [-0.4, -0.2) is 44.3 Å². The van der Waals surface area contributed by atoms with Crippen molar-refractivity contribution >= 4 is 6.29 Å². The smallest absolute Gasteiger partial charge is 0.174 e. The third kappa shape index (κ3) is 2.33. The highest BCUT2D eigenvalue weighted by Gasteiger charge is 2.65. The Bertz CT molecular complexity index is 772. The van der Waals surface area contributed by atoms with Gasteiger partial charge in [-0.15, -0.1) is 0 Å². The van der Waals surface area contributed by atoms with E-state index < -0.39 is 11.6 Å². The monoisotopic (exact) mass is 400 g/mol. The Morgan fingerprint density at radius 3 is 2.55 bits per heavy atom. The average molecular weight is 401 g/mol. The van der Waals surface area contributed by atoms with E-state index in [-0.39, 0.29) is 10.8 Å². The highest BCUT2D eigenvalue weighted by Crippen LogP contribution is 2.68. The Balaban J connectivity index is 1.39. The quantitative estimate of drug-likeness (QED) is 0.519. The summed E-state index contributed by atoms with van der Waals surface area (Å²) < 4.78 is 24.5. The van der Waals surface area contributed by atoms with Gasteiger partial charge in [0.15, 0.2) is 11.6 Å². The van der Waals surface area contributed by atoms with E-state index >= 15 is 0 Å². The highest BCUT2D eigenvalue weighted by molar-refractivity contribution is 5.57. The van der Waals surface area contributed by atoms with Crippen LogP contribution in [0.25, 0.3) is 0 Å². The lowest BCUT2D eigenvalue weighted by Crippen LogP contribution is -2.52. The summed E-state index contributed by atoms with van der Waals surface area (Å²) in [6.45, 7) is 5.17. The number of carbonyl (C=O) groups excluding carboxylic acids is 1. The molecule has 0 amide bonds. The molecule has 2 spiro atoms. The van der Waals surface area contributed by atoms with Crippen LogP contribution in [0, 0.1) is 22.7 Å². The van der Waals surface area contributed by atoms with Crippen LogP contribution < -0.4 is 0 Å². The first-order valence-corrected chi connectivity index (χ1v) is 11.5. The second kappa shape index (κ2) is 6.25. The van der Waals surface area contributed by atoms with Gasteiger partial charge in [0, 0.05) is 36.5 Å². The van der Waals surface area contributed by atoms with Gasteiger partial charge in [-0.05, 0) is 37.5 Å². The van der Waals surface area contributed by atoms with Crippen molar-refractivity contribution < 1.29 is 23.7 Å². The minimum absolute atomic E-state index is 0.0267. The molecule has 5 nitrogen and oxygen atoms in total. The molecule has 6 aliphatic rings. The van der Waals surface area contributed by atoms with Crippen molar-refractivity contribution in [3.05, 3.63) is 23.3 Å². The average Bonchev–Trinajstić information content (AvgIpc) is 3.44. The van der Waals surface area contributed by atoms with E-state index in [9.17, 15) is 4.79 Å². The van der Waals surface area contributed by atoms with E-state index in [4.69, 9.17) is 18.9 Å². The van der Waals surface area contributed by atoms with Gasteiger partial charge in [-0.25, -0.2) is 0 Å². The van der Waals surface area contributed by atoms with Crippen LogP contribution in [0.3, 0.4) is 0 Å². The normalized spacial score (nSPS) is 44.2. The maximum atomic E-state index is 11.8. The molecule has 6 rings (SSSR count). The first-order valence-electron chi connectivity index (χ1n) is 11.5. The largest absolute Gasteiger partial charge is 0.347 e. The molecule has 2 saturated carbocycles. The fourth-order valence-electron chi connectivity index (χ4n) is 7.86. The van der Waals surface area contributed by atoms with Crippen LogP contribution >= 0.6 is 0 Å². The zero-order valence-electron chi connectivity index (χ0n) is 17.4. The molecule has 4 fully saturated rings. The lowest BCUT2D eigenvalue weighted by Gasteiger charge is -2.56. The minimum Gasteiger partial charge on any atom is -0.347 e. The van der Waals surface area contributed by atoms with Crippen molar-refractivity contribution in [3.8, 4) is 0 Å². The number of hydrogen-bond acceptors (Lipinski definition) is 5. The van der Waals surface area contributed by atoms with Gasteiger partial charge >= 0.3 is 0 Å². The lowest BCUT2D eigenvalue weighted by molar-refractivity contribution is -0.228. The van der Waals surface area contributed by atoms with Gasteiger partial charge < -0.3 is 23.7 Å². The van der Waals surface area contributed by atoms with Crippen molar-refractivity contribution in [2.45, 2.75) is 69.9 Å². The van der Waals surface area contributed by atoms with Crippen LogP contribution in [0.4, 0.5) is 0 Å². The van der Waals surface area contributed by atoms with Gasteiger partial charge in [-0.3, -0.25) is 0 Å². The molecule has 0 unspecified atom stereocenters. The Kier molecular flexibility index (Phi) is 4.04. The number of ether oxygens (including phenoxy) is 4. The lowest BCUT2D eigenvalue weighted by atomic mass is 9.50. The first-order chi connectivity index (χ1) is 14.1. The number of hydrogen-bond donors (Lipinski definition) is 0. The van der Waals surface area contributed by atoms with E-state index in [0.29, 0.717) is 44.7 Å². The summed E-state index contributed by atoms with van der Waals surface area (Å²) in [5, 5.41) is 0. The highest BCUT2D eigenvalue weighted by atomic mass is 16.7. The van der Waals surface area contributed by atoms with E-state index in [0.717, 1.165) is 51.2 Å². The molecule has 0 N–H and O–H groups in total. The zero-order chi connectivity index (χ0) is 19.7. The summed E-state index contributed by atoms with van der Waals surface area (Å²) >= 11 is 0. The topological polar surface area (TPSA) is 54.0 Å². The molecule has 2 heterocycles. The maximum Gasteiger partial charge on any atom is 0.174 e. The first kappa shape index (κ1) is 18.7. The van der Waals surface area contributed by atoms with Gasteiger partial charge in [0.25, 0.3) is 0 Å². The van der Waals surface area contributed by atoms with Gasteiger partial charge in [-0.2, -0.15) is 0 Å². The van der Waals surface area contributed by atoms with Gasteiger partial charge in [-0.1, -0.05) is 30.2 Å². The molecule has 4 aliphatic carbocycles. The zero-order valence-corrected chi connectivity index (χ0v) is 17.4. The summed E-state index contributed by atoms with van der Waals surface area (Å²) in [6.07, 6.45) is 13.4. The number of carbonyl (C=O) groups is 1. The molecule has 158 valence electrons. The Hall–Kier alpha value is -1.01. The van der Waals surface area contributed by atoms with Crippen molar-refractivity contribution in [2.75, 3.05) is 26.4 Å². The molecule has 0 aromatic heterocycles. The molecular weight excluding hydrogens is 368 g/mol. The Morgan fingerprint density at radius 2 is 1.79 bits per heavy atom. The van der Waals surface area contributed by atoms with E-state index in [1.54, 1.807) is 0 Å². The minimum atomic E-state index is -0.447. The molecule has 0 radical (unpaired) electrons. The fourth-order valence-corrected chi connectivity index (χ4v) is 7.86. The van der Waals surface area contributed by atoms with Crippen molar-refractivity contribution in [2.24, 2.45) is 22.7 Å². The van der Waals surface area contributed by atoms with Gasteiger partial charge in [0.2, 0.25) is 0 Å². The standard InChI is InChI=1S/C24H32O5/c1-21-6-4-20-18(19(21)5-7-24(21)28-14-15-29-24)3-2-17-16-23(26-12-13-27-23)9-8-22(17,20)10-11-25/h2,4,11,18-19H,3,5-10,12-16H2,1H3/t18-,19-,21-,22+/m0/s1. The van der Waals surface area contributed by atoms with Crippen molar-refractivity contribution in [1.29, 1.82) is 0 Å². The molecule has 29 heavy (non-hydrogen) atoms. The van der Waals surface area contributed by atoms with E-state index in [1.807, 2.05) is 0 Å². The molecule has 2 aliphatic heterocycles.